The Kier molecular flexibility index (Phi) is 4.14. The van der Waals surface area contributed by atoms with Crippen LogP contribution in [0.5, 0.6) is 0 Å². The number of hydrogen-bond donors (Lipinski definition) is 2. The van der Waals surface area contributed by atoms with Crippen LogP contribution in [0.25, 0.3) is 0 Å². The number of carbonyl (C=O) groups is 1. The maximum atomic E-state index is 10.6. The highest BCUT2D eigenvalue weighted by Crippen LogP contribution is 2.22. The number of H-pyrrole nitrogens is 1. The number of carboxylic acids is 1. The maximum Gasteiger partial charge on any atom is 0.303 e. The summed E-state index contributed by atoms with van der Waals surface area (Å²) in [6.45, 7) is 1.91. The molecule has 1 saturated heterocycles. The van der Waals surface area contributed by atoms with Crippen molar-refractivity contribution in [3.8, 4) is 0 Å². The van der Waals surface area contributed by atoms with Gasteiger partial charge in [-0.25, -0.2) is 0 Å². The fourth-order valence-electron chi connectivity index (χ4n) is 2.48. The van der Waals surface area contributed by atoms with Gasteiger partial charge in [-0.15, -0.1) is 0 Å². The average molecular weight is 237 g/mol. The molecule has 2 rings (SSSR count). The predicted octanol–water partition coefficient (Wildman–Crippen LogP) is 1.63. The Labute approximate surface area is 101 Å². The minimum Gasteiger partial charge on any atom is -0.481 e. The van der Waals surface area contributed by atoms with Crippen LogP contribution in [0.2, 0.25) is 0 Å². The van der Waals surface area contributed by atoms with E-state index in [1.807, 2.05) is 6.07 Å². The Bertz CT molecular complexity index is 351. The van der Waals surface area contributed by atoms with Crippen LogP contribution < -0.4 is 0 Å². The minimum atomic E-state index is -0.697. The number of likely N-dealkylation sites (tertiary alicyclic amines) is 1. The Morgan fingerprint density at radius 1 is 1.59 bits per heavy atom. The van der Waals surface area contributed by atoms with Gasteiger partial charge >= 0.3 is 5.97 Å². The van der Waals surface area contributed by atoms with Crippen molar-refractivity contribution < 1.29 is 9.90 Å². The van der Waals surface area contributed by atoms with Crippen molar-refractivity contribution in [2.75, 3.05) is 6.54 Å². The molecule has 1 aromatic rings. The van der Waals surface area contributed by atoms with Crippen LogP contribution in [0.15, 0.2) is 12.3 Å². The van der Waals surface area contributed by atoms with Gasteiger partial charge in [0.2, 0.25) is 0 Å². The van der Waals surface area contributed by atoms with Crippen LogP contribution in [0.1, 0.15) is 37.8 Å². The van der Waals surface area contributed by atoms with Crippen LogP contribution >= 0.6 is 0 Å². The molecule has 5 heteroatoms. The number of hydrogen-bond acceptors (Lipinski definition) is 3. The summed E-state index contributed by atoms with van der Waals surface area (Å²) in [5.41, 5.74) is 1.10. The number of carboxylic acid groups (broad SMARTS) is 1. The first-order chi connectivity index (χ1) is 8.25. The Morgan fingerprint density at radius 2 is 2.47 bits per heavy atom. The van der Waals surface area contributed by atoms with Crippen LogP contribution in [-0.4, -0.2) is 38.8 Å². The number of nitrogens with one attached hydrogen (secondary N) is 1. The molecule has 0 spiro atoms. The molecule has 0 aromatic carbocycles. The fourth-order valence-corrected chi connectivity index (χ4v) is 2.48. The number of aliphatic carboxylic acids is 1. The molecule has 1 aromatic heterocycles. The molecule has 0 radical (unpaired) electrons. The second-order valence-corrected chi connectivity index (χ2v) is 4.63. The molecule has 1 aliphatic rings. The van der Waals surface area contributed by atoms with Gasteiger partial charge in [0, 0.05) is 30.9 Å². The van der Waals surface area contributed by atoms with Crippen LogP contribution in [0.4, 0.5) is 0 Å². The van der Waals surface area contributed by atoms with E-state index in [-0.39, 0.29) is 6.42 Å². The van der Waals surface area contributed by atoms with E-state index >= 15 is 0 Å². The maximum absolute atomic E-state index is 10.6. The molecule has 17 heavy (non-hydrogen) atoms. The smallest absolute Gasteiger partial charge is 0.303 e. The zero-order valence-electron chi connectivity index (χ0n) is 9.93. The first-order valence-electron chi connectivity index (χ1n) is 6.20. The monoisotopic (exact) mass is 237 g/mol. The van der Waals surface area contributed by atoms with Gasteiger partial charge in [-0.1, -0.05) is 6.42 Å². The van der Waals surface area contributed by atoms with Gasteiger partial charge in [0.05, 0.1) is 0 Å². The van der Waals surface area contributed by atoms with Crippen LogP contribution in [0, 0.1) is 0 Å². The summed E-state index contributed by atoms with van der Waals surface area (Å²) in [6.07, 6.45) is 6.31. The minimum absolute atomic E-state index is 0.268. The van der Waals surface area contributed by atoms with E-state index in [1.165, 1.54) is 12.8 Å². The molecule has 94 valence electrons. The van der Waals surface area contributed by atoms with Crippen molar-refractivity contribution in [3.63, 3.8) is 0 Å². The zero-order valence-corrected chi connectivity index (χ0v) is 9.93. The lowest BCUT2D eigenvalue weighted by Crippen LogP contribution is -2.39. The largest absolute Gasteiger partial charge is 0.481 e. The number of aromatic nitrogens is 2. The van der Waals surface area contributed by atoms with Crippen LogP contribution in [-0.2, 0) is 11.3 Å². The first-order valence-corrected chi connectivity index (χ1v) is 6.20. The molecule has 0 unspecified atom stereocenters. The van der Waals surface area contributed by atoms with Gasteiger partial charge in [0.25, 0.3) is 0 Å². The number of piperidine rings is 1. The number of nitrogens with zero attached hydrogens (tertiary/aromatic N) is 2. The lowest BCUT2D eigenvalue weighted by Gasteiger charge is -2.35. The molecule has 0 aliphatic carbocycles. The molecule has 1 aliphatic heterocycles. The van der Waals surface area contributed by atoms with E-state index in [0.717, 1.165) is 31.6 Å². The summed E-state index contributed by atoms with van der Waals surface area (Å²) in [5.74, 6) is -0.697. The zero-order chi connectivity index (χ0) is 12.1. The highest BCUT2D eigenvalue weighted by Gasteiger charge is 2.23. The molecule has 0 amide bonds. The quantitative estimate of drug-likeness (QED) is 0.816. The van der Waals surface area contributed by atoms with E-state index in [0.29, 0.717) is 6.04 Å². The van der Waals surface area contributed by atoms with E-state index in [4.69, 9.17) is 5.11 Å². The standard InChI is InChI=1S/C12H19N3O2/c16-12(17)5-4-11-3-1-2-8-15(11)9-10-6-7-13-14-10/h6-7,11H,1-5,8-9H2,(H,13,14)(H,16,17)/t11-/m0/s1. The predicted molar refractivity (Wildman–Crippen MR) is 63.5 cm³/mol. The summed E-state index contributed by atoms with van der Waals surface area (Å²) in [5, 5.41) is 15.7. The van der Waals surface area contributed by atoms with E-state index in [2.05, 4.69) is 15.1 Å². The average Bonchev–Trinajstić information content (AvgIpc) is 2.80. The van der Waals surface area contributed by atoms with E-state index in [9.17, 15) is 4.79 Å². The second-order valence-electron chi connectivity index (χ2n) is 4.63. The van der Waals surface area contributed by atoms with E-state index in [1.54, 1.807) is 6.20 Å². The molecular formula is C12H19N3O2. The SMILES string of the molecule is O=C(O)CC[C@@H]1CCCCN1Cc1ccn[nH]1. The summed E-state index contributed by atoms with van der Waals surface area (Å²) >= 11 is 0. The van der Waals surface area contributed by atoms with Crippen LogP contribution in [0.3, 0.4) is 0 Å². The highest BCUT2D eigenvalue weighted by atomic mass is 16.4. The van der Waals surface area contributed by atoms with E-state index < -0.39 is 5.97 Å². The molecule has 1 fully saturated rings. The van der Waals surface area contributed by atoms with Crippen molar-refractivity contribution in [3.05, 3.63) is 18.0 Å². The molecule has 1 atom stereocenters. The molecule has 2 N–H and O–H groups in total. The summed E-state index contributed by atoms with van der Waals surface area (Å²) in [4.78, 5) is 13.0. The third-order valence-corrected chi connectivity index (χ3v) is 3.37. The third-order valence-electron chi connectivity index (χ3n) is 3.37. The summed E-state index contributed by atoms with van der Waals surface area (Å²) < 4.78 is 0. The fraction of sp³-hybridized carbons (Fsp3) is 0.667. The van der Waals surface area contributed by atoms with Crippen molar-refractivity contribution in [1.82, 2.24) is 15.1 Å². The Morgan fingerprint density at radius 3 is 3.18 bits per heavy atom. The lowest BCUT2D eigenvalue weighted by atomic mass is 9.98. The molecule has 2 heterocycles. The summed E-state index contributed by atoms with van der Waals surface area (Å²) in [7, 11) is 0. The van der Waals surface area contributed by atoms with Gasteiger partial charge in [0.1, 0.15) is 0 Å². The summed E-state index contributed by atoms with van der Waals surface area (Å²) in [6, 6.07) is 2.38. The second kappa shape index (κ2) is 5.82. The van der Waals surface area contributed by atoms with Gasteiger partial charge in [0.15, 0.2) is 0 Å². The molecule has 5 nitrogen and oxygen atoms in total. The van der Waals surface area contributed by atoms with Gasteiger partial charge < -0.3 is 5.11 Å². The normalized spacial score (nSPS) is 21.5. The van der Waals surface area contributed by atoms with Gasteiger partial charge in [-0.05, 0) is 31.9 Å². The Balaban J connectivity index is 1.89. The van der Waals surface area contributed by atoms with Crippen molar-refractivity contribution in [1.29, 1.82) is 0 Å². The molecular weight excluding hydrogens is 218 g/mol. The number of rotatable bonds is 5. The van der Waals surface area contributed by atoms with Crippen molar-refractivity contribution in [2.24, 2.45) is 0 Å². The Hall–Kier alpha value is -1.36. The first kappa shape index (κ1) is 12.1. The van der Waals surface area contributed by atoms with Crippen molar-refractivity contribution >= 4 is 5.97 Å². The highest BCUT2D eigenvalue weighted by molar-refractivity contribution is 5.66. The van der Waals surface area contributed by atoms with Gasteiger partial charge in [-0.3, -0.25) is 14.8 Å². The lowest BCUT2D eigenvalue weighted by molar-refractivity contribution is -0.137. The molecule has 0 bridgehead atoms. The third kappa shape index (κ3) is 3.56. The van der Waals surface area contributed by atoms with Gasteiger partial charge in [-0.2, -0.15) is 5.10 Å². The number of aromatic amines is 1. The molecule has 0 saturated carbocycles. The topological polar surface area (TPSA) is 69.2 Å². The van der Waals surface area contributed by atoms with Crippen molar-refractivity contribution in [2.45, 2.75) is 44.7 Å².